The molecule has 0 saturated carbocycles. The van der Waals surface area contributed by atoms with Crippen LogP contribution in [-0.2, 0) is 4.74 Å². The average molecular weight is 448 g/mol. The van der Waals surface area contributed by atoms with Crippen molar-refractivity contribution in [2.45, 2.75) is 25.9 Å². The van der Waals surface area contributed by atoms with Gasteiger partial charge in [-0.05, 0) is 69.5 Å². The van der Waals surface area contributed by atoms with E-state index in [0.29, 0.717) is 24.3 Å². The van der Waals surface area contributed by atoms with Gasteiger partial charge in [0, 0.05) is 25.3 Å². The summed E-state index contributed by atoms with van der Waals surface area (Å²) in [5, 5.41) is 33.7. The van der Waals surface area contributed by atoms with E-state index in [1.165, 1.54) is 18.6 Å². The largest absolute Gasteiger partial charge is 0.504 e. The van der Waals surface area contributed by atoms with E-state index < -0.39 is 6.10 Å². The van der Waals surface area contributed by atoms with Crippen molar-refractivity contribution in [3.63, 3.8) is 0 Å². The van der Waals surface area contributed by atoms with Crippen LogP contribution in [0, 0.1) is 0 Å². The van der Waals surface area contributed by atoms with E-state index in [1.807, 2.05) is 31.1 Å². The van der Waals surface area contributed by atoms with E-state index in [9.17, 15) is 9.90 Å². The van der Waals surface area contributed by atoms with Gasteiger partial charge in [-0.3, -0.25) is 0 Å². The Balaban J connectivity index is 0.000000343. The number of benzene rings is 2. The summed E-state index contributed by atoms with van der Waals surface area (Å²) in [4.78, 5) is 13.7. The maximum atomic E-state index is 11.7. The Morgan fingerprint density at radius 3 is 2.34 bits per heavy atom. The SMILES string of the molecule is CCCCNc1ccc(C(=O)OCCN(C)C)cc1.CNC[C@H](O)c1ccc(O)c(O)c1. The molecule has 0 fully saturated rings. The molecule has 0 bridgehead atoms. The molecule has 2 aromatic rings. The van der Waals surface area contributed by atoms with Crippen LogP contribution >= 0.6 is 0 Å². The summed E-state index contributed by atoms with van der Waals surface area (Å²) in [5.74, 6) is -0.657. The maximum Gasteiger partial charge on any atom is 0.338 e. The summed E-state index contributed by atoms with van der Waals surface area (Å²) in [7, 11) is 5.62. The van der Waals surface area contributed by atoms with Gasteiger partial charge in [-0.1, -0.05) is 19.4 Å². The normalized spacial score (nSPS) is 11.4. The van der Waals surface area contributed by atoms with Crippen LogP contribution in [0.5, 0.6) is 11.5 Å². The number of carbonyl (C=O) groups excluding carboxylic acids is 1. The summed E-state index contributed by atoms with van der Waals surface area (Å²) < 4.78 is 5.18. The number of hydrogen-bond donors (Lipinski definition) is 5. The lowest BCUT2D eigenvalue weighted by Crippen LogP contribution is -2.20. The highest BCUT2D eigenvalue weighted by molar-refractivity contribution is 5.89. The van der Waals surface area contributed by atoms with Crippen LogP contribution in [0.4, 0.5) is 5.69 Å². The number of unbranched alkanes of at least 4 members (excludes halogenated alkanes) is 1. The third-order valence-corrected chi connectivity index (χ3v) is 4.53. The number of aliphatic hydroxyl groups excluding tert-OH is 1. The van der Waals surface area contributed by atoms with Crippen LogP contribution in [0.15, 0.2) is 42.5 Å². The molecule has 0 radical (unpaired) electrons. The molecule has 5 N–H and O–H groups in total. The molecule has 0 aliphatic heterocycles. The van der Waals surface area contributed by atoms with Gasteiger partial charge in [0.1, 0.15) is 6.61 Å². The van der Waals surface area contributed by atoms with Crippen LogP contribution in [0.2, 0.25) is 0 Å². The van der Waals surface area contributed by atoms with Crippen molar-refractivity contribution in [1.29, 1.82) is 0 Å². The van der Waals surface area contributed by atoms with Crippen molar-refractivity contribution in [1.82, 2.24) is 10.2 Å². The van der Waals surface area contributed by atoms with E-state index in [-0.39, 0.29) is 17.5 Å². The number of nitrogens with one attached hydrogen (secondary N) is 2. The number of hydrogen-bond acceptors (Lipinski definition) is 8. The van der Waals surface area contributed by atoms with E-state index >= 15 is 0 Å². The highest BCUT2D eigenvalue weighted by Crippen LogP contribution is 2.27. The van der Waals surface area contributed by atoms with Gasteiger partial charge in [-0.25, -0.2) is 4.79 Å². The number of likely N-dealkylation sites (N-methyl/N-ethyl adjacent to an activating group) is 2. The maximum absolute atomic E-state index is 11.7. The summed E-state index contributed by atoms with van der Waals surface area (Å²) in [6.07, 6.45) is 1.65. The van der Waals surface area contributed by atoms with Crippen LogP contribution in [-0.4, -0.2) is 73.6 Å². The molecule has 0 heterocycles. The lowest BCUT2D eigenvalue weighted by atomic mass is 10.1. The first-order valence-corrected chi connectivity index (χ1v) is 10.8. The fourth-order valence-corrected chi connectivity index (χ4v) is 2.60. The molecule has 0 saturated heterocycles. The van der Waals surface area contributed by atoms with Gasteiger partial charge in [0.2, 0.25) is 0 Å². The summed E-state index contributed by atoms with van der Waals surface area (Å²) in [5.41, 5.74) is 2.21. The number of nitrogens with zero attached hydrogens (tertiary/aromatic N) is 1. The fourth-order valence-electron chi connectivity index (χ4n) is 2.60. The van der Waals surface area contributed by atoms with Crippen molar-refractivity contribution >= 4 is 11.7 Å². The number of phenols is 2. The predicted octanol–water partition coefficient (Wildman–Crippen LogP) is 2.97. The van der Waals surface area contributed by atoms with E-state index in [4.69, 9.17) is 14.9 Å². The van der Waals surface area contributed by atoms with Crippen molar-refractivity contribution < 1.29 is 24.9 Å². The Bertz CT molecular complexity index is 797. The molecule has 0 aromatic heterocycles. The lowest BCUT2D eigenvalue weighted by molar-refractivity contribution is 0.0482. The van der Waals surface area contributed by atoms with Gasteiger partial charge in [0.25, 0.3) is 0 Å². The number of ether oxygens (including phenoxy) is 1. The van der Waals surface area contributed by atoms with Crippen molar-refractivity contribution in [3.05, 3.63) is 53.6 Å². The van der Waals surface area contributed by atoms with Crippen molar-refractivity contribution in [2.75, 3.05) is 52.7 Å². The minimum absolute atomic E-state index is 0.180. The van der Waals surface area contributed by atoms with Crippen LogP contribution < -0.4 is 10.6 Å². The Labute approximate surface area is 190 Å². The van der Waals surface area contributed by atoms with Gasteiger partial charge in [0.05, 0.1) is 11.7 Å². The number of esters is 1. The second kappa shape index (κ2) is 15.1. The number of anilines is 1. The Morgan fingerprint density at radius 1 is 1.09 bits per heavy atom. The number of carbonyl (C=O) groups is 1. The predicted molar refractivity (Wildman–Crippen MR) is 127 cm³/mol. The number of rotatable bonds is 11. The molecule has 0 aliphatic rings. The number of aliphatic hydroxyl groups is 1. The van der Waals surface area contributed by atoms with E-state index in [2.05, 4.69) is 17.6 Å². The summed E-state index contributed by atoms with van der Waals surface area (Å²) >= 11 is 0. The van der Waals surface area contributed by atoms with Crippen LogP contribution in [0.25, 0.3) is 0 Å². The Morgan fingerprint density at radius 2 is 1.78 bits per heavy atom. The minimum Gasteiger partial charge on any atom is -0.504 e. The highest BCUT2D eigenvalue weighted by Gasteiger charge is 2.08. The van der Waals surface area contributed by atoms with Crippen molar-refractivity contribution in [2.24, 2.45) is 0 Å². The van der Waals surface area contributed by atoms with Crippen LogP contribution in [0.1, 0.15) is 41.8 Å². The molecular formula is C24H37N3O5. The first-order valence-electron chi connectivity index (χ1n) is 10.8. The molecule has 8 nitrogen and oxygen atoms in total. The molecule has 1 atom stereocenters. The van der Waals surface area contributed by atoms with Gasteiger partial charge in [0.15, 0.2) is 11.5 Å². The van der Waals surface area contributed by atoms with Gasteiger partial charge in [-0.2, -0.15) is 0 Å². The van der Waals surface area contributed by atoms with Crippen molar-refractivity contribution in [3.8, 4) is 11.5 Å². The molecule has 178 valence electrons. The molecule has 32 heavy (non-hydrogen) atoms. The second-order valence-electron chi connectivity index (χ2n) is 7.62. The fraction of sp³-hybridized carbons (Fsp3) is 0.458. The lowest BCUT2D eigenvalue weighted by Gasteiger charge is -2.10. The third kappa shape index (κ3) is 10.5. The molecule has 0 aliphatic carbocycles. The average Bonchev–Trinajstić information content (AvgIpc) is 2.76. The number of aromatic hydroxyl groups is 2. The highest BCUT2D eigenvalue weighted by atomic mass is 16.5. The molecule has 0 unspecified atom stereocenters. The van der Waals surface area contributed by atoms with E-state index in [0.717, 1.165) is 25.2 Å². The second-order valence-corrected chi connectivity index (χ2v) is 7.62. The third-order valence-electron chi connectivity index (χ3n) is 4.53. The standard InChI is InChI=1S/C15H24N2O2.C9H13NO3/c1-4-5-10-16-14-8-6-13(7-9-14)15(18)19-12-11-17(2)3;1-10-5-9(13)6-2-3-7(11)8(12)4-6/h6-9,16H,4-5,10-12H2,1-3H3;2-4,9-13H,5H2,1H3/t;9-/m.0/s1. The zero-order valence-electron chi connectivity index (χ0n) is 19.5. The number of phenolic OH excluding ortho intramolecular Hbond substituents is 2. The quantitative estimate of drug-likeness (QED) is 0.203. The zero-order valence-corrected chi connectivity index (χ0v) is 19.5. The molecule has 2 rings (SSSR count). The molecule has 0 amide bonds. The first-order chi connectivity index (χ1) is 15.3. The first kappa shape index (κ1) is 27.2. The van der Waals surface area contributed by atoms with Gasteiger partial charge in [-0.15, -0.1) is 0 Å². The van der Waals surface area contributed by atoms with Gasteiger partial charge < -0.3 is 35.6 Å². The molecular weight excluding hydrogens is 410 g/mol. The summed E-state index contributed by atoms with van der Waals surface area (Å²) in [6.45, 7) is 4.69. The van der Waals surface area contributed by atoms with Gasteiger partial charge >= 0.3 is 5.97 Å². The van der Waals surface area contributed by atoms with Crippen LogP contribution in [0.3, 0.4) is 0 Å². The topological polar surface area (TPSA) is 114 Å². The smallest absolute Gasteiger partial charge is 0.338 e. The minimum atomic E-state index is -0.670. The van der Waals surface area contributed by atoms with E-state index in [1.54, 1.807) is 25.2 Å². The monoisotopic (exact) mass is 447 g/mol. The molecule has 2 aromatic carbocycles. The Hall–Kier alpha value is -2.81. The molecule has 0 spiro atoms. The molecule has 8 heteroatoms. The Kier molecular flexibility index (Phi) is 12.8. The summed E-state index contributed by atoms with van der Waals surface area (Å²) in [6, 6.07) is 11.7. The zero-order chi connectivity index (χ0) is 23.9.